The molecule has 2 N–H and O–H groups in total. The van der Waals surface area contributed by atoms with Crippen molar-refractivity contribution in [1.29, 1.82) is 0 Å². The zero-order valence-electron chi connectivity index (χ0n) is 6.26. The van der Waals surface area contributed by atoms with E-state index < -0.39 is 29.9 Å². The van der Waals surface area contributed by atoms with Crippen molar-refractivity contribution in [3.63, 3.8) is 0 Å². The van der Waals surface area contributed by atoms with E-state index in [9.17, 15) is 13.6 Å². The minimum absolute atomic E-state index is 0.312. The number of hydrogen-bond acceptors (Lipinski definition) is 2. The Balaban J connectivity index is 2.01. The van der Waals surface area contributed by atoms with Crippen LogP contribution in [0.15, 0.2) is 0 Å². The maximum Gasteiger partial charge on any atom is 0.320 e. The van der Waals surface area contributed by atoms with E-state index in [-0.39, 0.29) is 0 Å². The average molecular weight is 177 g/mol. The summed E-state index contributed by atoms with van der Waals surface area (Å²) >= 11 is 0. The maximum atomic E-state index is 12.7. The fourth-order valence-corrected chi connectivity index (χ4v) is 1.82. The van der Waals surface area contributed by atoms with Crippen molar-refractivity contribution in [1.82, 2.24) is 5.32 Å². The van der Waals surface area contributed by atoms with E-state index in [1.165, 1.54) is 0 Å². The third kappa shape index (κ3) is 0.924. The first-order chi connectivity index (χ1) is 5.53. The van der Waals surface area contributed by atoms with Crippen LogP contribution < -0.4 is 5.32 Å². The number of carboxylic acids is 1. The summed E-state index contributed by atoms with van der Waals surface area (Å²) in [5.74, 6) is -4.31. The molecule has 12 heavy (non-hydrogen) atoms. The van der Waals surface area contributed by atoms with Gasteiger partial charge in [-0.3, -0.25) is 10.1 Å². The van der Waals surface area contributed by atoms with Crippen molar-refractivity contribution in [2.45, 2.75) is 30.8 Å². The number of carbonyl (C=O) groups is 1. The van der Waals surface area contributed by atoms with Crippen LogP contribution in [0, 0.1) is 5.92 Å². The quantitative estimate of drug-likeness (QED) is 0.611. The SMILES string of the molecule is O=C(O)[C@H]1CC[C@@H]2[C@H](N1)C2(F)F. The van der Waals surface area contributed by atoms with Gasteiger partial charge in [-0.1, -0.05) is 0 Å². The minimum Gasteiger partial charge on any atom is -0.480 e. The molecule has 0 radical (unpaired) electrons. The second-order valence-electron chi connectivity index (χ2n) is 3.39. The van der Waals surface area contributed by atoms with E-state index >= 15 is 0 Å². The van der Waals surface area contributed by atoms with Gasteiger partial charge in [-0.05, 0) is 12.8 Å². The molecular weight excluding hydrogens is 168 g/mol. The molecular formula is C7H9F2NO2. The van der Waals surface area contributed by atoms with Crippen LogP contribution in [0.5, 0.6) is 0 Å². The number of carboxylic acid groups (broad SMARTS) is 1. The first-order valence-corrected chi connectivity index (χ1v) is 3.90. The Hall–Kier alpha value is -0.710. The fourth-order valence-electron chi connectivity index (χ4n) is 1.82. The summed E-state index contributed by atoms with van der Waals surface area (Å²) in [6, 6.07) is -1.66. The lowest BCUT2D eigenvalue weighted by Gasteiger charge is -2.16. The van der Waals surface area contributed by atoms with Crippen LogP contribution in [-0.2, 0) is 4.79 Å². The second-order valence-corrected chi connectivity index (χ2v) is 3.39. The number of nitrogens with one attached hydrogen (secondary N) is 1. The molecule has 0 bridgehead atoms. The number of halogens is 2. The number of rotatable bonds is 1. The Morgan fingerprint density at radius 2 is 2.17 bits per heavy atom. The van der Waals surface area contributed by atoms with Gasteiger partial charge >= 0.3 is 5.97 Å². The standard InChI is InChI=1S/C7H9F2NO2/c8-7(9)3-1-2-4(6(11)12)10-5(3)7/h3-5,10H,1-2H2,(H,11,12)/t3-,4-,5+/m1/s1. The normalized spacial score (nSPS) is 43.3. The Morgan fingerprint density at radius 3 is 2.67 bits per heavy atom. The molecule has 0 aromatic rings. The molecule has 1 heterocycles. The molecule has 0 aromatic heterocycles. The molecule has 1 aliphatic carbocycles. The number of hydrogen-bond donors (Lipinski definition) is 2. The maximum absolute atomic E-state index is 12.7. The number of piperidine rings is 1. The lowest BCUT2D eigenvalue weighted by atomic mass is 10.1. The molecule has 5 heteroatoms. The Kier molecular flexibility index (Phi) is 1.42. The van der Waals surface area contributed by atoms with E-state index in [0.717, 1.165) is 0 Å². The Labute approximate surface area is 67.8 Å². The summed E-state index contributed by atoms with van der Waals surface area (Å²) in [7, 11) is 0. The van der Waals surface area contributed by atoms with Crippen molar-refractivity contribution in [3.8, 4) is 0 Å². The van der Waals surface area contributed by atoms with Crippen LogP contribution in [0.4, 0.5) is 8.78 Å². The summed E-state index contributed by atoms with van der Waals surface area (Å²) < 4.78 is 25.4. The molecule has 2 fully saturated rings. The van der Waals surface area contributed by atoms with Crippen molar-refractivity contribution >= 4 is 5.97 Å². The molecule has 0 amide bonds. The van der Waals surface area contributed by atoms with E-state index in [1.807, 2.05) is 0 Å². The van der Waals surface area contributed by atoms with Gasteiger partial charge in [0.2, 0.25) is 0 Å². The van der Waals surface area contributed by atoms with E-state index in [0.29, 0.717) is 12.8 Å². The largest absolute Gasteiger partial charge is 0.480 e. The summed E-state index contributed by atoms with van der Waals surface area (Å²) in [5.41, 5.74) is 0. The lowest BCUT2D eigenvalue weighted by molar-refractivity contribution is -0.140. The molecule has 0 unspecified atom stereocenters. The van der Waals surface area contributed by atoms with Gasteiger partial charge in [0.25, 0.3) is 5.92 Å². The molecule has 68 valence electrons. The second kappa shape index (κ2) is 2.16. The predicted molar refractivity (Wildman–Crippen MR) is 36.0 cm³/mol. The molecule has 0 aromatic carbocycles. The van der Waals surface area contributed by atoms with Gasteiger partial charge in [-0.15, -0.1) is 0 Å². The zero-order chi connectivity index (χ0) is 8.93. The molecule has 3 atom stereocenters. The van der Waals surface area contributed by atoms with Crippen molar-refractivity contribution in [2.75, 3.05) is 0 Å². The van der Waals surface area contributed by atoms with E-state index in [2.05, 4.69) is 5.32 Å². The van der Waals surface area contributed by atoms with Crippen molar-refractivity contribution in [2.24, 2.45) is 5.92 Å². The molecule has 3 nitrogen and oxygen atoms in total. The average Bonchev–Trinajstić information content (AvgIpc) is 2.55. The summed E-state index contributed by atoms with van der Waals surface area (Å²) in [4.78, 5) is 10.4. The van der Waals surface area contributed by atoms with Gasteiger partial charge in [0.15, 0.2) is 0 Å². The van der Waals surface area contributed by atoms with Crippen LogP contribution >= 0.6 is 0 Å². The lowest BCUT2D eigenvalue weighted by Crippen LogP contribution is -2.42. The predicted octanol–water partition coefficient (Wildman–Crippen LogP) is 0.457. The first-order valence-electron chi connectivity index (χ1n) is 3.90. The summed E-state index contributed by atoms with van der Waals surface area (Å²) in [5, 5.41) is 11.0. The topological polar surface area (TPSA) is 49.3 Å². The minimum atomic E-state index is -2.66. The van der Waals surface area contributed by atoms with Gasteiger partial charge in [0, 0.05) is 5.92 Å². The molecule has 2 rings (SSSR count). The van der Waals surface area contributed by atoms with Crippen molar-refractivity contribution in [3.05, 3.63) is 0 Å². The fraction of sp³-hybridized carbons (Fsp3) is 0.857. The highest BCUT2D eigenvalue weighted by molar-refractivity contribution is 5.73. The number of aliphatic carboxylic acids is 1. The molecule has 2 aliphatic rings. The van der Waals surface area contributed by atoms with Gasteiger partial charge in [-0.2, -0.15) is 0 Å². The van der Waals surface area contributed by atoms with Gasteiger partial charge in [0.05, 0.1) is 6.04 Å². The third-order valence-corrected chi connectivity index (χ3v) is 2.65. The molecule has 1 aliphatic heterocycles. The monoisotopic (exact) mass is 177 g/mol. The van der Waals surface area contributed by atoms with Gasteiger partial charge in [-0.25, -0.2) is 8.78 Å². The zero-order valence-corrected chi connectivity index (χ0v) is 6.26. The summed E-state index contributed by atoms with van der Waals surface area (Å²) in [6.07, 6.45) is 0.633. The first kappa shape index (κ1) is 7.91. The molecule has 1 saturated carbocycles. The third-order valence-electron chi connectivity index (χ3n) is 2.65. The Bertz CT molecular complexity index is 231. The highest BCUT2D eigenvalue weighted by atomic mass is 19.3. The number of alkyl halides is 2. The van der Waals surface area contributed by atoms with Crippen LogP contribution in [-0.4, -0.2) is 29.1 Å². The highest BCUT2D eigenvalue weighted by Gasteiger charge is 2.69. The van der Waals surface area contributed by atoms with E-state index in [1.54, 1.807) is 0 Å². The molecule has 1 saturated heterocycles. The Morgan fingerprint density at radius 1 is 1.50 bits per heavy atom. The van der Waals surface area contributed by atoms with Crippen LogP contribution in [0.25, 0.3) is 0 Å². The van der Waals surface area contributed by atoms with Gasteiger partial charge < -0.3 is 5.11 Å². The van der Waals surface area contributed by atoms with Crippen LogP contribution in [0.3, 0.4) is 0 Å². The van der Waals surface area contributed by atoms with E-state index in [4.69, 9.17) is 5.11 Å². The van der Waals surface area contributed by atoms with Crippen LogP contribution in [0.2, 0.25) is 0 Å². The molecule has 0 spiro atoms. The summed E-state index contributed by atoms with van der Waals surface area (Å²) in [6.45, 7) is 0. The highest BCUT2D eigenvalue weighted by Crippen LogP contribution is 2.53. The van der Waals surface area contributed by atoms with Gasteiger partial charge in [0.1, 0.15) is 6.04 Å². The van der Waals surface area contributed by atoms with Crippen molar-refractivity contribution < 1.29 is 18.7 Å². The van der Waals surface area contributed by atoms with Crippen LogP contribution in [0.1, 0.15) is 12.8 Å². The number of fused-ring (bicyclic) bond motifs is 1. The smallest absolute Gasteiger partial charge is 0.320 e.